The lowest BCUT2D eigenvalue weighted by molar-refractivity contribution is 0.0982. The summed E-state index contributed by atoms with van der Waals surface area (Å²) in [5.74, 6) is 0.665. The average molecular weight is 236 g/mol. The van der Waals surface area contributed by atoms with E-state index in [1.54, 1.807) is 0 Å². The fourth-order valence-corrected chi connectivity index (χ4v) is 2.84. The first-order valence-electron chi connectivity index (χ1n) is 6.53. The van der Waals surface area contributed by atoms with Gasteiger partial charge in [-0.25, -0.2) is 0 Å². The van der Waals surface area contributed by atoms with Crippen LogP contribution in [0.2, 0.25) is 0 Å². The lowest BCUT2D eigenvalue weighted by Gasteiger charge is -2.17. The fraction of sp³-hybridized carbons (Fsp3) is 0.235. The molecule has 1 aliphatic carbocycles. The number of ketones is 1. The molecule has 0 fully saturated rings. The van der Waals surface area contributed by atoms with Gasteiger partial charge in [0.15, 0.2) is 5.78 Å². The summed E-state index contributed by atoms with van der Waals surface area (Å²) >= 11 is 0. The van der Waals surface area contributed by atoms with Crippen LogP contribution in [0.3, 0.4) is 0 Å². The molecule has 2 aromatic rings. The maximum absolute atomic E-state index is 12.1. The number of hydrogen-bond donors (Lipinski definition) is 0. The molecule has 0 N–H and O–H groups in total. The summed E-state index contributed by atoms with van der Waals surface area (Å²) < 4.78 is 0. The van der Waals surface area contributed by atoms with Crippen LogP contribution in [0.25, 0.3) is 0 Å². The summed E-state index contributed by atoms with van der Waals surface area (Å²) in [4.78, 5) is 12.1. The summed E-state index contributed by atoms with van der Waals surface area (Å²) in [6.07, 6.45) is 2.72. The van der Waals surface area contributed by atoms with Gasteiger partial charge in [-0.3, -0.25) is 4.79 Å². The molecule has 0 heterocycles. The number of benzene rings is 2. The van der Waals surface area contributed by atoms with Crippen molar-refractivity contribution in [3.8, 4) is 0 Å². The molecule has 1 atom stereocenters. The van der Waals surface area contributed by atoms with Crippen LogP contribution in [0, 0.1) is 0 Å². The molecule has 1 nitrogen and oxygen atoms in total. The Hall–Kier alpha value is -1.89. The molecule has 0 saturated heterocycles. The van der Waals surface area contributed by atoms with Crippen molar-refractivity contribution in [2.45, 2.75) is 25.2 Å². The van der Waals surface area contributed by atoms with E-state index in [9.17, 15) is 4.79 Å². The van der Waals surface area contributed by atoms with Crippen LogP contribution >= 0.6 is 0 Å². The molecular weight excluding hydrogens is 220 g/mol. The smallest absolute Gasteiger partial charge is 0.163 e. The predicted octanol–water partition coefficient (Wildman–Crippen LogP) is 4.19. The molecule has 1 heteroatoms. The molecule has 0 aromatic heterocycles. The van der Waals surface area contributed by atoms with Gasteiger partial charge in [-0.1, -0.05) is 54.6 Å². The first-order chi connectivity index (χ1) is 8.86. The fourth-order valence-electron chi connectivity index (χ4n) is 2.84. The zero-order valence-corrected chi connectivity index (χ0v) is 10.3. The van der Waals surface area contributed by atoms with Gasteiger partial charge in [0, 0.05) is 17.9 Å². The molecule has 0 unspecified atom stereocenters. The zero-order chi connectivity index (χ0) is 12.4. The molecule has 0 radical (unpaired) electrons. The quantitative estimate of drug-likeness (QED) is 0.679. The van der Waals surface area contributed by atoms with Gasteiger partial charge in [0.05, 0.1) is 0 Å². The first kappa shape index (κ1) is 11.2. The van der Waals surface area contributed by atoms with Gasteiger partial charge in [0.2, 0.25) is 0 Å². The van der Waals surface area contributed by atoms with E-state index in [1.165, 1.54) is 11.1 Å². The van der Waals surface area contributed by atoms with E-state index in [1.807, 2.05) is 24.3 Å². The van der Waals surface area contributed by atoms with Crippen molar-refractivity contribution in [1.29, 1.82) is 0 Å². The zero-order valence-electron chi connectivity index (χ0n) is 10.3. The molecule has 0 bridgehead atoms. The molecule has 3 rings (SSSR count). The Morgan fingerprint density at radius 1 is 0.889 bits per heavy atom. The van der Waals surface area contributed by atoms with E-state index in [-0.39, 0.29) is 0 Å². The van der Waals surface area contributed by atoms with E-state index < -0.39 is 0 Å². The summed E-state index contributed by atoms with van der Waals surface area (Å²) in [7, 11) is 0. The molecule has 90 valence electrons. The minimum absolute atomic E-state index is 0.295. The third-order valence-electron chi connectivity index (χ3n) is 3.74. The van der Waals surface area contributed by atoms with Crippen molar-refractivity contribution in [2.75, 3.05) is 0 Å². The van der Waals surface area contributed by atoms with Gasteiger partial charge >= 0.3 is 0 Å². The monoisotopic (exact) mass is 236 g/mol. The topological polar surface area (TPSA) is 17.1 Å². The van der Waals surface area contributed by atoms with Crippen LogP contribution < -0.4 is 0 Å². The minimum Gasteiger partial charge on any atom is -0.294 e. The Morgan fingerprint density at radius 3 is 2.44 bits per heavy atom. The second kappa shape index (κ2) is 4.77. The number of carbonyl (C=O) groups is 1. The van der Waals surface area contributed by atoms with Gasteiger partial charge in [0.1, 0.15) is 0 Å². The SMILES string of the molecule is O=C1CCC[C@H](c2ccccc2)c2ccccc21. The van der Waals surface area contributed by atoms with Gasteiger partial charge < -0.3 is 0 Å². The summed E-state index contributed by atoms with van der Waals surface area (Å²) in [6, 6.07) is 18.6. The van der Waals surface area contributed by atoms with E-state index in [4.69, 9.17) is 0 Å². The van der Waals surface area contributed by atoms with Gasteiger partial charge in [-0.15, -0.1) is 0 Å². The third kappa shape index (κ3) is 1.97. The molecule has 0 amide bonds. The second-order valence-electron chi connectivity index (χ2n) is 4.87. The van der Waals surface area contributed by atoms with Crippen molar-refractivity contribution in [1.82, 2.24) is 0 Å². The number of carbonyl (C=O) groups excluding carboxylic acids is 1. The minimum atomic E-state index is 0.295. The predicted molar refractivity (Wildman–Crippen MR) is 72.9 cm³/mol. The Labute approximate surface area is 107 Å². The van der Waals surface area contributed by atoms with Crippen molar-refractivity contribution in [3.63, 3.8) is 0 Å². The van der Waals surface area contributed by atoms with Gasteiger partial charge in [-0.2, -0.15) is 0 Å². The Balaban J connectivity index is 2.11. The number of rotatable bonds is 1. The number of Topliss-reactive ketones (excluding diaryl/α,β-unsaturated/α-hetero) is 1. The maximum atomic E-state index is 12.1. The molecule has 0 spiro atoms. The van der Waals surface area contributed by atoms with Crippen molar-refractivity contribution >= 4 is 5.78 Å². The van der Waals surface area contributed by atoms with Crippen molar-refractivity contribution < 1.29 is 4.79 Å². The van der Waals surface area contributed by atoms with E-state index in [2.05, 4.69) is 30.3 Å². The lowest BCUT2D eigenvalue weighted by Crippen LogP contribution is -2.04. The second-order valence-corrected chi connectivity index (χ2v) is 4.87. The molecule has 1 aliphatic rings. The van der Waals surface area contributed by atoms with Crippen molar-refractivity contribution in [3.05, 3.63) is 71.3 Å². The Morgan fingerprint density at radius 2 is 1.61 bits per heavy atom. The Bertz CT molecular complexity index is 557. The highest BCUT2D eigenvalue weighted by Crippen LogP contribution is 2.35. The first-order valence-corrected chi connectivity index (χ1v) is 6.53. The number of hydrogen-bond acceptors (Lipinski definition) is 1. The Kier molecular flexibility index (Phi) is 2.97. The van der Waals surface area contributed by atoms with Gasteiger partial charge in [-0.05, 0) is 24.0 Å². The van der Waals surface area contributed by atoms with Crippen LogP contribution in [0.15, 0.2) is 54.6 Å². The van der Waals surface area contributed by atoms with Gasteiger partial charge in [0.25, 0.3) is 0 Å². The molecule has 18 heavy (non-hydrogen) atoms. The largest absolute Gasteiger partial charge is 0.294 e. The van der Waals surface area contributed by atoms with Crippen LogP contribution in [-0.2, 0) is 0 Å². The van der Waals surface area contributed by atoms with Crippen LogP contribution in [0.1, 0.15) is 46.7 Å². The summed E-state index contributed by atoms with van der Waals surface area (Å²) in [5, 5.41) is 0. The van der Waals surface area contributed by atoms with E-state index >= 15 is 0 Å². The van der Waals surface area contributed by atoms with Crippen LogP contribution in [0.4, 0.5) is 0 Å². The summed E-state index contributed by atoms with van der Waals surface area (Å²) in [6.45, 7) is 0. The van der Waals surface area contributed by atoms with Crippen LogP contribution in [0.5, 0.6) is 0 Å². The summed E-state index contributed by atoms with van der Waals surface area (Å²) in [5.41, 5.74) is 3.44. The molecule has 0 saturated carbocycles. The normalized spacial score (nSPS) is 19.1. The van der Waals surface area contributed by atoms with E-state index in [0.29, 0.717) is 18.1 Å². The molecule has 0 aliphatic heterocycles. The molecular formula is C17H16O. The third-order valence-corrected chi connectivity index (χ3v) is 3.74. The van der Waals surface area contributed by atoms with Crippen molar-refractivity contribution in [2.24, 2.45) is 0 Å². The highest BCUT2D eigenvalue weighted by atomic mass is 16.1. The highest BCUT2D eigenvalue weighted by molar-refractivity contribution is 5.98. The molecule has 2 aromatic carbocycles. The van der Waals surface area contributed by atoms with E-state index in [0.717, 1.165) is 18.4 Å². The standard InChI is InChI=1S/C17H16O/c18-17-12-6-11-14(13-7-2-1-3-8-13)15-9-4-5-10-16(15)17/h1-5,7-10,14H,6,11-12H2/t14-/m1/s1. The highest BCUT2D eigenvalue weighted by Gasteiger charge is 2.23. The van der Waals surface area contributed by atoms with Crippen LogP contribution in [-0.4, -0.2) is 5.78 Å². The average Bonchev–Trinajstić information content (AvgIpc) is 2.60. The maximum Gasteiger partial charge on any atom is 0.163 e. The lowest BCUT2D eigenvalue weighted by atomic mass is 9.86. The number of fused-ring (bicyclic) bond motifs is 1.